The predicted octanol–water partition coefficient (Wildman–Crippen LogP) is 3.20. The highest BCUT2D eigenvalue weighted by Crippen LogP contribution is 2.23. The lowest BCUT2D eigenvalue weighted by Gasteiger charge is -2.06. The molecule has 0 unspecified atom stereocenters. The molecule has 3 nitrogen and oxygen atoms in total. The topological polar surface area (TPSA) is 55.1 Å². The van der Waals surface area contributed by atoms with Gasteiger partial charge in [0.2, 0.25) is 0 Å². The maximum Gasteiger partial charge on any atom is 0.251 e. The number of carbonyl (C=O) groups excluding carboxylic acids is 1. The van der Waals surface area contributed by atoms with E-state index in [1.807, 2.05) is 30.3 Å². The fourth-order valence-electron chi connectivity index (χ4n) is 2.40. The fraction of sp³-hybridized carbons (Fsp3) is 0.0556. The lowest BCUT2D eigenvalue weighted by atomic mass is 10.0. The number of hydrogen-bond acceptors (Lipinski definition) is 2. The van der Waals surface area contributed by atoms with E-state index in [1.165, 1.54) is 17.0 Å². The van der Waals surface area contributed by atoms with Crippen LogP contribution >= 0.6 is 0 Å². The molecule has 0 saturated carbocycles. The summed E-state index contributed by atoms with van der Waals surface area (Å²) < 4.78 is 0. The molecule has 0 bridgehead atoms. The first-order valence-electron chi connectivity index (χ1n) is 6.85. The van der Waals surface area contributed by atoms with Gasteiger partial charge in [0.15, 0.2) is 0 Å². The van der Waals surface area contributed by atoms with Gasteiger partial charge in [0, 0.05) is 12.1 Å². The molecule has 1 amide bonds. The van der Waals surface area contributed by atoms with Crippen LogP contribution < -0.4 is 11.1 Å². The number of fused-ring (bicyclic) bond motifs is 2. The van der Waals surface area contributed by atoms with E-state index in [9.17, 15) is 4.79 Å². The second-order valence-electron chi connectivity index (χ2n) is 4.90. The van der Waals surface area contributed by atoms with Crippen LogP contribution in [0.4, 0.5) is 0 Å². The molecule has 3 aromatic carbocycles. The molecule has 0 radical (unpaired) electrons. The maximum atomic E-state index is 12.0. The quantitative estimate of drug-likeness (QED) is 0.722. The van der Waals surface area contributed by atoms with Crippen LogP contribution in [0.25, 0.3) is 21.5 Å². The Labute approximate surface area is 123 Å². The molecule has 0 aliphatic carbocycles. The normalized spacial score (nSPS) is 11.2. The average molecular weight is 276 g/mol. The molecule has 0 aliphatic rings. The highest BCUT2D eigenvalue weighted by molar-refractivity contribution is 6.03. The zero-order chi connectivity index (χ0) is 14.7. The van der Waals surface area contributed by atoms with Gasteiger partial charge in [-0.25, -0.2) is 0 Å². The van der Waals surface area contributed by atoms with Crippen LogP contribution in [0, 0.1) is 0 Å². The summed E-state index contributed by atoms with van der Waals surface area (Å²) in [7, 11) is 0. The molecule has 3 N–H and O–H groups in total. The number of hydrogen-bond donors (Lipinski definition) is 2. The summed E-state index contributed by atoms with van der Waals surface area (Å²) >= 11 is 0. The van der Waals surface area contributed by atoms with E-state index >= 15 is 0 Å². The van der Waals surface area contributed by atoms with Gasteiger partial charge in [-0.1, -0.05) is 30.3 Å². The zero-order valence-corrected chi connectivity index (χ0v) is 11.5. The molecule has 0 atom stereocenters. The summed E-state index contributed by atoms with van der Waals surface area (Å²) in [6, 6.07) is 18.2. The minimum Gasteiger partial charge on any atom is -0.405 e. The van der Waals surface area contributed by atoms with Gasteiger partial charge in [-0.2, -0.15) is 0 Å². The van der Waals surface area contributed by atoms with Crippen LogP contribution in [0.3, 0.4) is 0 Å². The second-order valence-corrected chi connectivity index (χ2v) is 4.90. The van der Waals surface area contributed by atoms with Gasteiger partial charge in [-0.3, -0.25) is 4.79 Å². The van der Waals surface area contributed by atoms with Gasteiger partial charge >= 0.3 is 0 Å². The van der Waals surface area contributed by atoms with Crippen LogP contribution in [-0.2, 0) is 0 Å². The minimum atomic E-state index is -0.0943. The third kappa shape index (κ3) is 2.72. The lowest BCUT2D eigenvalue weighted by Crippen LogP contribution is -2.23. The number of nitrogens with one attached hydrogen (secondary N) is 1. The monoisotopic (exact) mass is 276 g/mol. The summed E-state index contributed by atoms with van der Waals surface area (Å²) in [6.45, 7) is 0.436. The van der Waals surface area contributed by atoms with E-state index in [4.69, 9.17) is 5.73 Å². The van der Waals surface area contributed by atoms with Crippen molar-refractivity contribution in [2.75, 3.05) is 6.54 Å². The number of nitrogens with two attached hydrogens (primary N) is 1. The standard InChI is InChI=1S/C18H16N2O/c19-8-3-9-20-18(21)16-7-6-15-10-13-4-1-2-5-14(13)11-17(15)12-16/h1-8,10-12H,9,19H2,(H,20,21). The van der Waals surface area contributed by atoms with Crippen LogP contribution in [0.15, 0.2) is 66.9 Å². The highest BCUT2D eigenvalue weighted by atomic mass is 16.1. The Kier molecular flexibility index (Phi) is 3.56. The smallest absolute Gasteiger partial charge is 0.251 e. The summed E-state index contributed by atoms with van der Waals surface area (Å²) in [4.78, 5) is 12.0. The van der Waals surface area contributed by atoms with Crippen LogP contribution in [-0.4, -0.2) is 12.5 Å². The molecule has 21 heavy (non-hydrogen) atoms. The third-order valence-electron chi connectivity index (χ3n) is 3.48. The SMILES string of the molecule is NC=CCNC(=O)c1ccc2cc3ccccc3cc2c1. The van der Waals surface area contributed by atoms with E-state index in [0.29, 0.717) is 12.1 Å². The number of amides is 1. The molecular weight excluding hydrogens is 260 g/mol. The molecule has 0 aromatic heterocycles. The van der Waals surface area contributed by atoms with E-state index in [0.717, 1.165) is 10.8 Å². The second kappa shape index (κ2) is 5.67. The van der Waals surface area contributed by atoms with Gasteiger partial charge < -0.3 is 11.1 Å². The van der Waals surface area contributed by atoms with Crippen molar-refractivity contribution in [2.24, 2.45) is 5.73 Å². The summed E-state index contributed by atoms with van der Waals surface area (Å²) in [5, 5.41) is 7.37. The zero-order valence-electron chi connectivity index (χ0n) is 11.5. The third-order valence-corrected chi connectivity index (χ3v) is 3.48. The van der Waals surface area contributed by atoms with Crippen molar-refractivity contribution in [1.82, 2.24) is 5.32 Å². The fourth-order valence-corrected chi connectivity index (χ4v) is 2.40. The van der Waals surface area contributed by atoms with E-state index in [2.05, 4.69) is 29.6 Å². The van der Waals surface area contributed by atoms with Gasteiger partial charge in [0.05, 0.1) is 0 Å². The Morgan fingerprint density at radius 1 is 0.952 bits per heavy atom. The van der Waals surface area contributed by atoms with Crippen molar-refractivity contribution < 1.29 is 4.79 Å². The average Bonchev–Trinajstić information content (AvgIpc) is 2.52. The summed E-state index contributed by atoms with van der Waals surface area (Å²) in [5.41, 5.74) is 5.90. The molecule has 0 aliphatic heterocycles. The van der Waals surface area contributed by atoms with Crippen molar-refractivity contribution in [3.8, 4) is 0 Å². The number of benzene rings is 3. The van der Waals surface area contributed by atoms with Gasteiger partial charge in [0.25, 0.3) is 5.91 Å². The molecule has 3 rings (SSSR count). The van der Waals surface area contributed by atoms with Gasteiger partial charge in [-0.05, 0) is 58.1 Å². The summed E-state index contributed by atoms with van der Waals surface area (Å²) in [5.74, 6) is -0.0943. The Bertz CT molecular complexity index is 837. The Balaban J connectivity index is 1.99. The number of rotatable bonds is 3. The lowest BCUT2D eigenvalue weighted by molar-refractivity contribution is 0.0958. The van der Waals surface area contributed by atoms with Crippen molar-refractivity contribution in [2.45, 2.75) is 0 Å². The van der Waals surface area contributed by atoms with Crippen molar-refractivity contribution in [1.29, 1.82) is 0 Å². The van der Waals surface area contributed by atoms with E-state index in [-0.39, 0.29) is 5.91 Å². The van der Waals surface area contributed by atoms with Crippen LogP contribution in [0.1, 0.15) is 10.4 Å². The Hall–Kier alpha value is -2.81. The molecule has 0 fully saturated rings. The molecule has 0 spiro atoms. The minimum absolute atomic E-state index is 0.0943. The van der Waals surface area contributed by atoms with Crippen LogP contribution in [0.5, 0.6) is 0 Å². The molecule has 104 valence electrons. The first-order valence-corrected chi connectivity index (χ1v) is 6.85. The molecular formula is C18H16N2O. The molecule has 0 saturated heterocycles. The molecule has 0 heterocycles. The van der Waals surface area contributed by atoms with E-state index in [1.54, 1.807) is 6.08 Å². The predicted molar refractivity (Wildman–Crippen MR) is 87.1 cm³/mol. The van der Waals surface area contributed by atoms with Gasteiger partial charge in [0.1, 0.15) is 0 Å². The van der Waals surface area contributed by atoms with E-state index < -0.39 is 0 Å². The maximum absolute atomic E-state index is 12.0. The Morgan fingerprint density at radius 2 is 1.62 bits per heavy atom. The van der Waals surface area contributed by atoms with Crippen molar-refractivity contribution in [3.63, 3.8) is 0 Å². The van der Waals surface area contributed by atoms with Gasteiger partial charge in [-0.15, -0.1) is 0 Å². The first kappa shape index (κ1) is 13.2. The summed E-state index contributed by atoms with van der Waals surface area (Å²) in [6.07, 6.45) is 3.12. The number of carbonyl (C=O) groups is 1. The Morgan fingerprint density at radius 3 is 2.33 bits per heavy atom. The highest BCUT2D eigenvalue weighted by Gasteiger charge is 2.05. The molecule has 3 heteroatoms. The van der Waals surface area contributed by atoms with Crippen LogP contribution in [0.2, 0.25) is 0 Å². The first-order chi connectivity index (χ1) is 10.3. The molecule has 3 aromatic rings. The van der Waals surface area contributed by atoms with Crippen molar-refractivity contribution >= 4 is 27.5 Å². The van der Waals surface area contributed by atoms with Crippen molar-refractivity contribution in [3.05, 3.63) is 72.4 Å². The largest absolute Gasteiger partial charge is 0.405 e.